The first kappa shape index (κ1) is 4.51. The van der Waals surface area contributed by atoms with E-state index in [1.54, 1.807) is 0 Å². The monoisotopic (exact) mass is 105 g/mol. The fraction of sp³-hybridized carbons (Fsp3) is 1.00. The molecule has 0 aromatic heterocycles. The van der Waals surface area contributed by atoms with Gasteiger partial charge in [0, 0.05) is 6.54 Å². The molecule has 1 saturated heterocycles. The molecule has 6 heavy (non-hydrogen) atoms. The van der Waals surface area contributed by atoms with Gasteiger partial charge in [-0.3, -0.25) is 5.09 Å². The summed E-state index contributed by atoms with van der Waals surface area (Å²) in [7, 11) is 0.588. The van der Waals surface area contributed by atoms with E-state index in [0.717, 1.165) is 13.0 Å². The van der Waals surface area contributed by atoms with Crippen molar-refractivity contribution in [1.29, 1.82) is 0 Å². The van der Waals surface area contributed by atoms with E-state index in [-0.39, 0.29) is 5.85 Å². The molecule has 2 unspecified atom stereocenters. The van der Waals surface area contributed by atoms with Crippen molar-refractivity contribution in [2.24, 2.45) is 0 Å². The molecule has 0 spiro atoms. The Labute approximate surface area is 38.8 Å². The fourth-order valence-electron chi connectivity index (χ4n) is 0.471. The summed E-state index contributed by atoms with van der Waals surface area (Å²) in [4.78, 5) is 0. The zero-order chi connectivity index (χ0) is 4.41. The highest BCUT2D eigenvalue weighted by atomic mass is 31.1. The van der Waals surface area contributed by atoms with Crippen LogP contribution >= 0.6 is 8.73 Å². The zero-order valence-corrected chi connectivity index (χ0v) is 4.44. The maximum Gasteiger partial charge on any atom is 0.0849 e. The molecule has 2 N–H and O–H groups in total. The van der Waals surface area contributed by atoms with Crippen LogP contribution in [0.5, 0.6) is 0 Å². The number of nitrogens with one attached hydrogen (secondary N) is 1. The molecule has 0 aromatic carbocycles. The first-order valence-corrected chi connectivity index (χ1v) is 3.14. The molecule has 0 aliphatic carbocycles. The minimum Gasteiger partial charge on any atom is -0.388 e. The third-order valence-electron chi connectivity index (χ3n) is 0.811. The summed E-state index contributed by atoms with van der Waals surface area (Å²) in [5.41, 5.74) is 0. The van der Waals surface area contributed by atoms with Gasteiger partial charge in [0.1, 0.15) is 0 Å². The van der Waals surface area contributed by atoms with Crippen LogP contribution in [0.15, 0.2) is 0 Å². The Morgan fingerprint density at radius 3 is 2.83 bits per heavy atom. The summed E-state index contributed by atoms with van der Waals surface area (Å²) in [6.07, 6.45) is 0.943. The summed E-state index contributed by atoms with van der Waals surface area (Å²) in [5.74, 6) is -0.0370. The van der Waals surface area contributed by atoms with Crippen molar-refractivity contribution in [3.63, 3.8) is 0 Å². The van der Waals surface area contributed by atoms with Gasteiger partial charge in [0.25, 0.3) is 0 Å². The second-order valence-electron chi connectivity index (χ2n) is 1.38. The van der Waals surface area contributed by atoms with Crippen molar-refractivity contribution < 1.29 is 5.11 Å². The van der Waals surface area contributed by atoms with Gasteiger partial charge in [0.05, 0.1) is 5.85 Å². The predicted octanol–water partition coefficient (Wildman–Crippen LogP) is -0.108. The number of aliphatic hydroxyl groups is 1. The zero-order valence-electron chi connectivity index (χ0n) is 3.44. The maximum absolute atomic E-state index is 8.68. The maximum atomic E-state index is 8.68. The topological polar surface area (TPSA) is 32.3 Å². The minimum atomic E-state index is -0.0370. The first-order chi connectivity index (χ1) is 2.89. The first-order valence-electron chi connectivity index (χ1n) is 2.06. The molecule has 36 valence electrons. The van der Waals surface area contributed by atoms with Crippen molar-refractivity contribution in [1.82, 2.24) is 5.09 Å². The van der Waals surface area contributed by atoms with E-state index in [1.807, 2.05) is 0 Å². The summed E-state index contributed by atoms with van der Waals surface area (Å²) < 4.78 is 0. The molecule has 1 fully saturated rings. The Kier molecular flexibility index (Phi) is 1.41. The second-order valence-corrected chi connectivity index (χ2v) is 2.68. The summed E-state index contributed by atoms with van der Waals surface area (Å²) >= 11 is 0. The predicted molar refractivity (Wildman–Crippen MR) is 26.9 cm³/mol. The fourth-order valence-corrected chi connectivity index (χ4v) is 1.28. The lowest BCUT2D eigenvalue weighted by Crippen LogP contribution is -1.91. The van der Waals surface area contributed by atoms with Crippen LogP contribution in [-0.4, -0.2) is 17.5 Å². The highest BCUT2D eigenvalue weighted by molar-refractivity contribution is 7.36. The number of hydrogen-bond donors (Lipinski definition) is 2. The Morgan fingerprint density at radius 2 is 2.67 bits per heavy atom. The van der Waals surface area contributed by atoms with Crippen molar-refractivity contribution in [3.05, 3.63) is 0 Å². The van der Waals surface area contributed by atoms with E-state index in [2.05, 4.69) is 5.09 Å². The van der Waals surface area contributed by atoms with Crippen LogP contribution in [0.3, 0.4) is 0 Å². The third kappa shape index (κ3) is 0.904. The average molecular weight is 105 g/mol. The number of aliphatic hydroxyl groups excluding tert-OH is 1. The van der Waals surface area contributed by atoms with E-state index < -0.39 is 0 Å². The van der Waals surface area contributed by atoms with Crippen LogP contribution in [0.25, 0.3) is 0 Å². The lowest BCUT2D eigenvalue weighted by atomic mass is 10.5. The second kappa shape index (κ2) is 1.87. The number of hydrogen-bond acceptors (Lipinski definition) is 2. The largest absolute Gasteiger partial charge is 0.388 e. The smallest absolute Gasteiger partial charge is 0.0849 e. The molecular weight excluding hydrogens is 97.0 g/mol. The van der Waals surface area contributed by atoms with E-state index >= 15 is 0 Å². The van der Waals surface area contributed by atoms with Gasteiger partial charge >= 0.3 is 0 Å². The van der Waals surface area contributed by atoms with Crippen molar-refractivity contribution >= 4 is 8.73 Å². The molecule has 1 aliphatic rings. The van der Waals surface area contributed by atoms with Gasteiger partial charge in [-0.1, -0.05) is 0 Å². The molecule has 0 bridgehead atoms. The molecule has 1 rings (SSSR count). The Bertz CT molecular complexity index is 44.1. The lowest BCUT2D eigenvalue weighted by molar-refractivity contribution is 0.261. The van der Waals surface area contributed by atoms with Gasteiger partial charge in [-0.15, -0.1) is 0 Å². The summed E-state index contributed by atoms with van der Waals surface area (Å²) in [5, 5.41) is 11.7. The SMILES string of the molecule is OC1CCNP1. The normalized spacial score (nSPS) is 38.5. The van der Waals surface area contributed by atoms with Crippen LogP contribution in [0.4, 0.5) is 0 Å². The van der Waals surface area contributed by atoms with Gasteiger partial charge in [-0.25, -0.2) is 0 Å². The Balaban J connectivity index is 2.18. The van der Waals surface area contributed by atoms with Crippen molar-refractivity contribution in [2.75, 3.05) is 6.54 Å². The van der Waals surface area contributed by atoms with Gasteiger partial charge in [0.2, 0.25) is 0 Å². The molecule has 1 aliphatic heterocycles. The van der Waals surface area contributed by atoms with E-state index in [9.17, 15) is 0 Å². The van der Waals surface area contributed by atoms with Crippen LogP contribution in [0, 0.1) is 0 Å². The Morgan fingerprint density at radius 1 is 1.83 bits per heavy atom. The molecular formula is C3H8NOP. The molecule has 2 atom stereocenters. The van der Waals surface area contributed by atoms with Gasteiger partial charge in [0.15, 0.2) is 0 Å². The summed E-state index contributed by atoms with van der Waals surface area (Å²) in [6.45, 7) is 1.000. The van der Waals surface area contributed by atoms with Gasteiger partial charge < -0.3 is 5.11 Å². The standard InChI is InChI=1S/C3H8NOP/c5-3-1-2-4-6-3/h3-6H,1-2H2. The molecule has 0 amide bonds. The molecule has 2 nitrogen and oxygen atoms in total. The summed E-state index contributed by atoms with van der Waals surface area (Å²) in [6, 6.07) is 0. The lowest BCUT2D eigenvalue weighted by Gasteiger charge is -1.90. The van der Waals surface area contributed by atoms with Crippen LogP contribution in [0.2, 0.25) is 0 Å². The third-order valence-corrected chi connectivity index (χ3v) is 1.89. The van der Waals surface area contributed by atoms with E-state index in [0.29, 0.717) is 8.73 Å². The molecule has 0 aromatic rings. The van der Waals surface area contributed by atoms with Crippen molar-refractivity contribution in [2.45, 2.75) is 12.3 Å². The average Bonchev–Trinajstić information content (AvgIpc) is 1.86. The molecule has 3 heteroatoms. The van der Waals surface area contributed by atoms with Crippen LogP contribution < -0.4 is 5.09 Å². The number of rotatable bonds is 0. The molecule has 0 saturated carbocycles. The van der Waals surface area contributed by atoms with Gasteiger partial charge in [-0.05, 0) is 15.2 Å². The van der Waals surface area contributed by atoms with E-state index in [1.165, 1.54) is 0 Å². The van der Waals surface area contributed by atoms with Gasteiger partial charge in [-0.2, -0.15) is 0 Å². The van der Waals surface area contributed by atoms with Crippen LogP contribution in [-0.2, 0) is 0 Å². The van der Waals surface area contributed by atoms with E-state index in [4.69, 9.17) is 5.11 Å². The quantitative estimate of drug-likeness (QED) is 0.421. The highest BCUT2D eigenvalue weighted by Crippen LogP contribution is 2.19. The molecule has 0 radical (unpaired) electrons. The Hall–Kier alpha value is 0.350. The minimum absolute atomic E-state index is 0.0370. The highest BCUT2D eigenvalue weighted by Gasteiger charge is 2.08. The molecule has 1 heterocycles. The van der Waals surface area contributed by atoms with Crippen LogP contribution in [0.1, 0.15) is 6.42 Å². The van der Waals surface area contributed by atoms with Crippen molar-refractivity contribution in [3.8, 4) is 0 Å².